The molecule has 0 fully saturated rings. The van der Waals surface area contributed by atoms with Crippen molar-refractivity contribution in [2.24, 2.45) is 0 Å². The molecule has 23 heavy (non-hydrogen) atoms. The number of aromatic nitrogens is 1. The van der Waals surface area contributed by atoms with Crippen LogP contribution in [0.3, 0.4) is 0 Å². The lowest BCUT2D eigenvalue weighted by Gasteiger charge is -2.09. The number of carbonyl (C=O) groups excluding carboxylic acids is 1. The standard InChI is InChI=1S/C18H14N2O3/c21-16-10-12-20(13-11-16)15-8-6-14(7-9-15)19-18(22)23-17-4-2-1-3-5-17/h1-13H,(H,19,22). The molecule has 5 nitrogen and oxygen atoms in total. The summed E-state index contributed by atoms with van der Waals surface area (Å²) >= 11 is 0. The van der Waals surface area contributed by atoms with Crippen molar-refractivity contribution in [3.8, 4) is 11.4 Å². The highest BCUT2D eigenvalue weighted by molar-refractivity contribution is 5.86. The van der Waals surface area contributed by atoms with E-state index in [0.29, 0.717) is 11.4 Å². The summed E-state index contributed by atoms with van der Waals surface area (Å²) in [6.07, 6.45) is 2.83. The molecule has 0 aliphatic rings. The Hall–Kier alpha value is -3.34. The quantitative estimate of drug-likeness (QED) is 0.806. The highest BCUT2D eigenvalue weighted by atomic mass is 16.6. The summed E-state index contributed by atoms with van der Waals surface area (Å²) in [5.41, 5.74) is 1.46. The molecule has 5 heteroatoms. The van der Waals surface area contributed by atoms with Crippen LogP contribution in [0, 0.1) is 0 Å². The van der Waals surface area contributed by atoms with Gasteiger partial charge in [0.25, 0.3) is 0 Å². The molecule has 3 aromatic rings. The predicted molar refractivity (Wildman–Crippen MR) is 88.1 cm³/mol. The molecule has 0 spiro atoms. The number of ether oxygens (including phenoxy) is 1. The summed E-state index contributed by atoms with van der Waals surface area (Å²) in [5.74, 6) is 0.481. The minimum atomic E-state index is -0.549. The predicted octanol–water partition coefficient (Wildman–Crippen LogP) is 3.45. The van der Waals surface area contributed by atoms with E-state index in [9.17, 15) is 9.59 Å². The summed E-state index contributed by atoms with van der Waals surface area (Å²) < 4.78 is 6.97. The third-order valence-corrected chi connectivity index (χ3v) is 3.16. The molecule has 0 bridgehead atoms. The minimum absolute atomic E-state index is 0.0387. The van der Waals surface area contributed by atoms with Gasteiger partial charge in [-0.2, -0.15) is 0 Å². The van der Waals surface area contributed by atoms with Gasteiger partial charge in [-0.15, -0.1) is 0 Å². The van der Waals surface area contributed by atoms with Gasteiger partial charge in [0.1, 0.15) is 5.75 Å². The number of anilines is 1. The Kier molecular flexibility index (Phi) is 4.20. The van der Waals surface area contributed by atoms with Gasteiger partial charge in [-0.1, -0.05) is 18.2 Å². The maximum absolute atomic E-state index is 11.8. The van der Waals surface area contributed by atoms with E-state index in [-0.39, 0.29) is 5.43 Å². The highest BCUT2D eigenvalue weighted by Crippen LogP contribution is 2.14. The number of hydrogen-bond donors (Lipinski definition) is 1. The van der Waals surface area contributed by atoms with Crippen molar-refractivity contribution in [2.45, 2.75) is 0 Å². The third kappa shape index (κ3) is 3.85. The molecule has 0 saturated heterocycles. The number of amides is 1. The monoisotopic (exact) mass is 306 g/mol. The fourth-order valence-electron chi connectivity index (χ4n) is 2.04. The lowest BCUT2D eigenvalue weighted by atomic mass is 10.2. The zero-order chi connectivity index (χ0) is 16.1. The van der Waals surface area contributed by atoms with E-state index in [2.05, 4.69) is 5.32 Å². The van der Waals surface area contributed by atoms with Crippen LogP contribution in [0.25, 0.3) is 5.69 Å². The first-order chi connectivity index (χ1) is 11.2. The van der Waals surface area contributed by atoms with Crippen LogP contribution in [-0.2, 0) is 0 Å². The molecule has 0 aliphatic heterocycles. The number of nitrogens with one attached hydrogen (secondary N) is 1. The van der Waals surface area contributed by atoms with Crippen LogP contribution in [0.15, 0.2) is 83.9 Å². The molecule has 1 heterocycles. The number of carbonyl (C=O) groups is 1. The molecule has 0 unspecified atom stereocenters. The molecule has 0 saturated carbocycles. The summed E-state index contributed by atoms with van der Waals surface area (Å²) in [5, 5.41) is 2.66. The van der Waals surface area contributed by atoms with Gasteiger partial charge in [-0.3, -0.25) is 10.1 Å². The van der Waals surface area contributed by atoms with Crippen molar-refractivity contribution in [1.82, 2.24) is 4.57 Å². The van der Waals surface area contributed by atoms with Crippen molar-refractivity contribution in [3.05, 3.63) is 89.3 Å². The summed E-state index contributed by atoms with van der Waals surface area (Å²) in [7, 11) is 0. The lowest BCUT2D eigenvalue weighted by Crippen LogP contribution is -2.16. The van der Waals surface area contributed by atoms with Crippen molar-refractivity contribution in [2.75, 3.05) is 5.32 Å². The van der Waals surface area contributed by atoms with Crippen molar-refractivity contribution < 1.29 is 9.53 Å². The number of rotatable bonds is 3. The van der Waals surface area contributed by atoms with Crippen LogP contribution in [0.5, 0.6) is 5.75 Å². The maximum atomic E-state index is 11.8. The SMILES string of the molecule is O=C(Nc1ccc(-n2ccc(=O)cc2)cc1)Oc1ccccc1. The molecular weight excluding hydrogens is 292 g/mol. The van der Waals surface area contributed by atoms with Crippen LogP contribution in [0.2, 0.25) is 0 Å². The first-order valence-electron chi connectivity index (χ1n) is 7.03. The van der Waals surface area contributed by atoms with E-state index in [1.807, 2.05) is 22.8 Å². The third-order valence-electron chi connectivity index (χ3n) is 3.16. The molecule has 2 aromatic carbocycles. The number of benzene rings is 2. The van der Waals surface area contributed by atoms with E-state index in [0.717, 1.165) is 5.69 Å². The molecule has 0 radical (unpaired) electrons. The molecule has 114 valence electrons. The smallest absolute Gasteiger partial charge is 0.410 e. The van der Waals surface area contributed by atoms with Gasteiger partial charge in [0.15, 0.2) is 5.43 Å². The number of para-hydroxylation sites is 1. The van der Waals surface area contributed by atoms with Crippen molar-refractivity contribution in [3.63, 3.8) is 0 Å². The molecule has 1 N–H and O–H groups in total. The van der Waals surface area contributed by atoms with Gasteiger partial charge >= 0.3 is 6.09 Å². The summed E-state index contributed by atoms with van der Waals surface area (Å²) in [6, 6.07) is 19.0. The van der Waals surface area contributed by atoms with E-state index in [1.165, 1.54) is 12.1 Å². The molecular formula is C18H14N2O3. The van der Waals surface area contributed by atoms with Gasteiger partial charge in [-0.25, -0.2) is 4.79 Å². The normalized spacial score (nSPS) is 10.1. The Morgan fingerprint density at radius 2 is 1.52 bits per heavy atom. The average Bonchev–Trinajstić information content (AvgIpc) is 2.57. The van der Waals surface area contributed by atoms with Gasteiger partial charge in [0, 0.05) is 35.9 Å². The van der Waals surface area contributed by atoms with E-state index in [1.54, 1.807) is 48.8 Å². The van der Waals surface area contributed by atoms with Crippen LogP contribution in [-0.4, -0.2) is 10.7 Å². The number of nitrogens with zero attached hydrogens (tertiary/aromatic N) is 1. The second kappa shape index (κ2) is 6.62. The maximum Gasteiger partial charge on any atom is 0.417 e. The minimum Gasteiger partial charge on any atom is -0.410 e. The second-order valence-corrected chi connectivity index (χ2v) is 4.82. The van der Waals surface area contributed by atoms with Gasteiger partial charge in [-0.05, 0) is 36.4 Å². The zero-order valence-electron chi connectivity index (χ0n) is 12.2. The van der Waals surface area contributed by atoms with Crippen LogP contribution < -0.4 is 15.5 Å². The van der Waals surface area contributed by atoms with Crippen LogP contribution in [0.1, 0.15) is 0 Å². The Morgan fingerprint density at radius 1 is 0.870 bits per heavy atom. The fraction of sp³-hybridized carbons (Fsp3) is 0. The van der Waals surface area contributed by atoms with Gasteiger partial charge < -0.3 is 9.30 Å². The molecule has 3 rings (SSSR count). The Labute approximate surface area is 132 Å². The summed E-state index contributed by atoms with van der Waals surface area (Å²) in [4.78, 5) is 22.9. The molecule has 1 amide bonds. The fourth-order valence-corrected chi connectivity index (χ4v) is 2.04. The summed E-state index contributed by atoms with van der Waals surface area (Å²) in [6.45, 7) is 0. The van der Waals surface area contributed by atoms with Gasteiger partial charge in [0.05, 0.1) is 0 Å². The Morgan fingerprint density at radius 3 is 2.17 bits per heavy atom. The van der Waals surface area contributed by atoms with E-state index < -0.39 is 6.09 Å². The van der Waals surface area contributed by atoms with Crippen molar-refractivity contribution in [1.29, 1.82) is 0 Å². The molecule has 0 atom stereocenters. The van der Waals surface area contributed by atoms with E-state index in [4.69, 9.17) is 4.74 Å². The van der Waals surface area contributed by atoms with E-state index >= 15 is 0 Å². The average molecular weight is 306 g/mol. The first kappa shape index (κ1) is 14.6. The highest BCUT2D eigenvalue weighted by Gasteiger charge is 2.04. The topological polar surface area (TPSA) is 60.3 Å². The lowest BCUT2D eigenvalue weighted by molar-refractivity contribution is 0.215. The Bertz CT molecular complexity index is 835. The van der Waals surface area contributed by atoms with Crippen molar-refractivity contribution >= 4 is 11.8 Å². The van der Waals surface area contributed by atoms with Crippen LogP contribution in [0.4, 0.5) is 10.5 Å². The first-order valence-corrected chi connectivity index (χ1v) is 7.03. The Balaban J connectivity index is 1.66. The number of hydrogen-bond acceptors (Lipinski definition) is 3. The zero-order valence-corrected chi connectivity index (χ0v) is 12.2. The number of pyridine rings is 1. The second-order valence-electron chi connectivity index (χ2n) is 4.82. The van der Waals surface area contributed by atoms with Gasteiger partial charge in [0.2, 0.25) is 0 Å². The van der Waals surface area contributed by atoms with Crippen LogP contribution >= 0.6 is 0 Å². The molecule has 0 aliphatic carbocycles. The largest absolute Gasteiger partial charge is 0.417 e. The molecule has 1 aromatic heterocycles.